The fraction of sp³-hybridized carbons (Fsp3) is 0.286. The van der Waals surface area contributed by atoms with Gasteiger partial charge in [0.1, 0.15) is 6.04 Å². The standard InChI is InChI=1S/C14H15NO5S/c1-2-20-14(17)13-10-11(16)8-9-15(13)21(18,19)12-6-4-3-5-7-12/h3-9,13H,2,10H2,1H3. The smallest absolute Gasteiger partial charge is 0.330 e. The molecule has 21 heavy (non-hydrogen) atoms. The highest BCUT2D eigenvalue weighted by Gasteiger charge is 2.37. The average Bonchev–Trinajstić information content (AvgIpc) is 2.48. The van der Waals surface area contributed by atoms with E-state index in [1.54, 1.807) is 25.1 Å². The van der Waals surface area contributed by atoms with Crippen LogP contribution in [0.25, 0.3) is 0 Å². The lowest BCUT2D eigenvalue weighted by molar-refractivity contribution is -0.148. The lowest BCUT2D eigenvalue weighted by Gasteiger charge is -2.30. The largest absolute Gasteiger partial charge is 0.464 e. The summed E-state index contributed by atoms with van der Waals surface area (Å²) in [6, 6.07) is 6.57. The molecule has 0 amide bonds. The van der Waals surface area contributed by atoms with E-state index in [1.807, 2.05) is 0 Å². The van der Waals surface area contributed by atoms with Gasteiger partial charge in [0, 0.05) is 12.6 Å². The molecular weight excluding hydrogens is 294 g/mol. The summed E-state index contributed by atoms with van der Waals surface area (Å²) < 4.78 is 30.9. The first-order valence-electron chi connectivity index (χ1n) is 6.43. The molecule has 1 aliphatic rings. The predicted molar refractivity (Wildman–Crippen MR) is 74.7 cm³/mol. The Kier molecular flexibility index (Phi) is 4.42. The Hall–Kier alpha value is -2.15. The molecule has 1 atom stereocenters. The summed E-state index contributed by atoms with van der Waals surface area (Å²) in [5, 5.41) is 0. The lowest BCUT2D eigenvalue weighted by atomic mass is 10.1. The molecule has 0 radical (unpaired) electrons. The third-order valence-corrected chi connectivity index (χ3v) is 4.79. The highest BCUT2D eigenvalue weighted by molar-refractivity contribution is 7.89. The fourth-order valence-electron chi connectivity index (χ4n) is 2.00. The second kappa shape index (κ2) is 6.09. The molecule has 7 heteroatoms. The molecule has 112 valence electrons. The third-order valence-electron chi connectivity index (χ3n) is 2.99. The molecule has 0 spiro atoms. The van der Waals surface area contributed by atoms with Gasteiger partial charge in [-0.2, -0.15) is 0 Å². The van der Waals surface area contributed by atoms with Gasteiger partial charge in [-0.1, -0.05) is 18.2 Å². The Morgan fingerprint density at radius 1 is 1.33 bits per heavy atom. The summed E-state index contributed by atoms with van der Waals surface area (Å²) in [5.74, 6) is -1.04. The highest BCUT2D eigenvalue weighted by atomic mass is 32.2. The number of ether oxygens (including phenoxy) is 1. The van der Waals surface area contributed by atoms with Crippen molar-refractivity contribution in [2.24, 2.45) is 0 Å². The number of benzene rings is 1. The van der Waals surface area contributed by atoms with Crippen molar-refractivity contribution >= 4 is 21.8 Å². The molecule has 0 aliphatic carbocycles. The molecule has 0 aromatic heterocycles. The van der Waals surface area contributed by atoms with Crippen molar-refractivity contribution in [2.45, 2.75) is 24.3 Å². The number of nitrogens with zero attached hydrogens (tertiary/aromatic N) is 1. The first kappa shape index (κ1) is 15.2. The number of sulfonamides is 1. The maximum atomic E-state index is 12.6. The van der Waals surface area contributed by atoms with Crippen LogP contribution in [0.3, 0.4) is 0 Å². The van der Waals surface area contributed by atoms with Crippen molar-refractivity contribution in [3.8, 4) is 0 Å². The van der Waals surface area contributed by atoms with Crippen LogP contribution < -0.4 is 0 Å². The van der Waals surface area contributed by atoms with Gasteiger partial charge in [-0.25, -0.2) is 13.2 Å². The van der Waals surface area contributed by atoms with Crippen molar-refractivity contribution < 1.29 is 22.7 Å². The second-order valence-electron chi connectivity index (χ2n) is 4.40. The number of hydrogen-bond donors (Lipinski definition) is 0. The SMILES string of the molecule is CCOC(=O)C1CC(=O)C=CN1S(=O)(=O)c1ccccc1. The molecule has 1 heterocycles. The van der Waals surface area contributed by atoms with E-state index in [-0.39, 0.29) is 23.7 Å². The van der Waals surface area contributed by atoms with Crippen LogP contribution in [0.1, 0.15) is 13.3 Å². The highest BCUT2D eigenvalue weighted by Crippen LogP contribution is 2.24. The van der Waals surface area contributed by atoms with Crippen molar-refractivity contribution in [1.82, 2.24) is 4.31 Å². The monoisotopic (exact) mass is 309 g/mol. The predicted octanol–water partition coefficient (Wildman–Crippen LogP) is 1.10. The Balaban J connectivity index is 2.41. The van der Waals surface area contributed by atoms with Gasteiger partial charge in [0.15, 0.2) is 5.78 Å². The minimum absolute atomic E-state index is 0.0540. The molecule has 0 saturated heterocycles. The van der Waals surface area contributed by atoms with E-state index in [0.29, 0.717) is 0 Å². The second-order valence-corrected chi connectivity index (χ2v) is 6.25. The number of hydrogen-bond acceptors (Lipinski definition) is 5. The van der Waals surface area contributed by atoms with E-state index in [2.05, 4.69) is 0 Å². The Morgan fingerprint density at radius 2 is 2.00 bits per heavy atom. The molecular formula is C14H15NO5S. The van der Waals surface area contributed by atoms with Crippen molar-refractivity contribution in [2.75, 3.05) is 6.61 Å². The van der Waals surface area contributed by atoms with Gasteiger partial charge in [-0.3, -0.25) is 9.10 Å². The van der Waals surface area contributed by atoms with Crippen molar-refractivity contribution in [3.63, 3.8) is 0 Å². The normalized spacial score (nSPS) is 18.6. The van der Waals surface area contributed by atoms with Gasteiger partial charge in [0.25, 0.3) is 10.0 Å². The Morgan fingerprint density at radius 3 is 2.62 bits per heavy atom. The van der Waals surface area contributed by atoms with E-state index in [1.165, 1.54) is 12.1 Å². The number of ketones is 1. The average molecular weight is 309 g/mol. The molecule has 1 aromatic carbocycles. The number of carbonyl (C=O) groups is 2. The molecule has 0 N–H and O–H groups in total. The molecule has 1 unspecified atom stereocenters. The molecule has 2 rings (SSSR count). The summed E-state index contributed by atoms with van der Waals surface area (Å²) >= 11 is 0. The molecule has 0 bridgehead atoms. The molecule has 1 aliphatic heterocycles. The maximum Gasteiger partial charge on any atom is 0.330 e. The number of esters is 1. The Labute approximate surface area is 123 Å². The number of carbonyl (C=O) groups excluding carboxylic acids is 2. The summed E-state index contributed by atoms with van der Waals surface area (Å²) in [7, 11) is -3.90. The zero-order chi connectivity index (χ0) is 15.5. The molecule has 6 nitrogen and oxygen atoms in total. The van der Waals surface area contributed by atoms with E-state index < -0.39 is 22.0 Å². The summed E-state index contributed by atoms with van der Waals surface area (Å²) in [6.45, 7) is 1.74. The van der Waals surface area contributed by atoms with Crippen LogP contribution in [-0.2, 0) is 24.3 Å². The van der Waals surface area contributed by atoms with Crippen LogP contribution >= 0.6 is 0 Å². The van der Waals surface area contributed by atoms with Crippen LogP contribution in [0.2, 0.25) is 0 Å². The van der Waals surface area contributed by atoms with Crippen LogP contribution in [0.4, 0.5) is 0 Å². The van der Waals surface area contributed by atoms with Gasteiger partial charge >= 0.3 is 5.97 Å². The number of allylic oxidation sites excluding steroid dienone is 1. The van der Waals surface area contributed by atoms with Crippen LogP contribution in [-0.4, -0.2) is 37.1 Å². The molecule has 1 aromatic rings. The Bertz CT molecular complexity index is 666. The minimum Gasteiger partial charge on any atom is -0.464 e. The summed E-state index contributed by atoms with van der Waals surface area (Å²) in [4.78, 5) is 23.4. The van der Waals surface area contributed by atoms with Gasteiger partial charge < -0.3 is 4.74 Å². The molecule has 0 saturated carbocycles. The van der Waals surface area contributed by atoms with Gasteiger partial charge in [-0.15, -0.1) is 0 Å². The van der Waals surface area contributed by atoms with Crippen LogP contribution in [0.5, 0.6) is 0 Å². The fourth-order valence-corrected chi connectivity index (χ4v) is 3.46. The van der Waals surface area contributed by atoms with Crippen LogP contribution in [0.15, 0.2) is 47.5 Å². The number of rotatable bonds is 4. The summed E-state index contributed by atoms with van der Waals surface area (Å²) in [5.41, 5.74) is 0. The summed E-state index contributed by atoms with van der Waals surface area (Å²) in [6.07, 6.45) is 2.05. The first-order chi connectivity index (χ1) is 9.96. The van der Waals surface area contributed by atoms with E-state index in [0.717, 1.165) is 16.6 Å². The topological polar surface area (TPSA) is 80.8 Å². The third kappa shape index (κ3) is 3.13. The van der Waals surface area contributed by atoms with Gasteiger partial charge in [0.05, 0.1) is 11.5 Å². The zero-order valence-electron chi connectivity index (χ0n) is 11.4. The maximum absolute atomic E-state index is 12.6. The van der Waals surface area contributed by atoms with Crippen molar-refractivity contribution in [1.29, 1.82) is 0 Å². The van der Waals surface area contributed by atoms with Crippen molar-refractivity contribution in [3.05, 3.63) is 42.6 Å². The lowest BCUT2D eigenvalue weighted by Crippen LogP contribution is -2.45. The van der Waals surface area contributed by atoms with E-state index in [4.69, 9.17) is 4.74 Å². The van der Waals surface area contributed by atoms with Gasteiger partial charge in [-0.05, 0) is 25.1 Å². The quantitative estimate of drug-likeness (QED) is 0.778. The first-order valence-corrected chi connectivity index (χ1v) is 7.87. The zero-order valence-corrected chi connectivity index (χ0v) is 12.2. The van der Waals surface area contributed by atoms with E-state index >= 15 is 0 Å². The minimum atomic E-state index is -3.90. The van der Waals surface area contributed by atoms with Crippen LogP contribution in [0, 0.1) is 0 Å². The molecule has 0 fully saturated rings. The van der Waals surface area contributed by atoms with Gasteiger partial charge in [0.2, 0.25) is 0 Å². The van der Waals surface area contributed by atoms with E-state index in [9.17, 15) is 18.0 Å².